The van der Waals surface area contributed by atoms with Crippen LogP contribution >= 0.6 is 11.6 Å². The van der Waals surface area contributed by atoms with Crippen LogP contribution in [0.2, 0.25) is 5.02 Å². The zero-order valence-corrected chi connectivity index (χ0v) is 12.0. The van der Waals surface area contributed by atoms with E-state index >= 15 is 0 Å². The Morgan fingerprint density at radius 2 is 2.05 bits per heavy atom. The molecule has 0 amide bonds. The van der Waals surface area contributed by atoms with E-state index < -0.39 is 18.0 Å². The normalized spacial score (nSPS) is 14.2. The summed E-state index contributed by atoms with van der Waals surface area (Å²) >= 11 is 5.81. The van der Waals surface area contributed by atoms with Gasteiger partial charge in [-0.25, -0.2) is 0 Å². The molecular weight excluding hydrogens is 268 g/mol. The van der Waals surface area contributed by atoms with E-state index in [4.69, 9.17) is 16.3 Å². The number of phenolic OH excluding ortho intramolecular Hbond substituents is 1. The van der Waals surface area contributed by atoms with Crippen molar-refractivity contribution in [3.8, 4) is 5.75 Å². The highest BCUT2D eigenvalue weighted by Gasteiger charge is 2.32. The highest BCUT2D eigenvalue weighted by Crippen LogP contribution is 2.33. The largest absolute Gasteiger partial charge is 0.506 e. The van der Waals surface area contributed by atoms with Crippen LogP contribution < -0.4 is 0 Å². The molecule has 5 heteroatoms. The van der Waals surface area contributed by atoms with Gasteiger partial charge in [0.05, 0.1) is 23.7 Å². The van der Waals surface area contributed by atoms with Crippen LogP contribution in [0.15, 0.2) is 18.2 Å². The van der Waals surface area contributed by atoms with Gasteiger partial charge in [-0.3, -0.25) is 4.79 Å². The van der Waals surface area contributed by atoms with E-state index in [9.17, 15) is 15.0 Å². The van der Waals surface area contributed by atoms with Crippen molar-refractivity contribution >= 4 is 17.6 Å². The van der Waals surface area contributed by atoms with Gasteiger partial charge in [-0.05, 0) is 30.5 Å². The number of aromatic hydroxyl groups is 1. The summed E-state index contributed by atoms with van der Waals surface area (Å²) in [5.41, 5.74) is 0.481. The van der Waals surface area contributed by atoms with Gasteiger partial charge < -0.3 is 14.9 Å². The highest BCUT2D eigenvalue weighted by molar-refractivity contribution is 6.32. The van der Waals surface area contributed by atoms with Gasteiger partial charge in [-0.15, -0.1) is 0 Å². The average molecular weight is 287 g/mol. The van der Waals surface area contributed by atoms with Gasteiger partial charge in [0.1, 0.15) is 5.75 Å². The molecule has 1 aromatic carbocycles. The summed E-state index contributed by atoms with van der Waals surface area (Å²) in [5, 5.41) is 19.8. The Labute approximate surface area is 118 Å². The molecule has 0 bridgehead atoms. The second-order valence-electron chi connectivity index (χ2n) is 4.68. The predicted octanol–water partition coefficient (Wildman–Crippen LogP) is 2.91. The van der Waals surface area contributed by atoms with Gasteiger partial charge >= 0.3 is 5.97 Å². The third-order valence-corrected chi connectivity index (χ3v) is 3.23. The van der Waals surface area contributed by atoms with Crippen LogP contribution in [-0.2, 0) is 9.53 Å². The number of carbonyl (C=O) groups excluding carboxylic acids is 1. The smallest absolute Gasteiger partial charge is 0.312 e. The van der Waals surface area contributed by atoms with Crippen molar-refractivity contribution in [2.75, 3.05) is 6.61 Å². The van der Waals surface area contributed by atoms with Crippen molar-refractivity contribution in [3.63, 3.8) is 0 Å². The number of benzene rings is 1. The molecule has 2 N–H and O–H groups in total. The van der Waals surface area contributed by atoms with Crippen LogP contribution in [0.25, 0.3) is 0 Å². The lowest BCUT2D eigenvalue weighted by molar-refractivity contribution is -0.154. The van der Waals surface area contributed by atoms with E-state index in [0.29, 0.717) is 5.56 Å². The van der Waals surface area contributed by atoms with Crippen molar-refractivity contribution in [2.45, 2.75) is 26.9 Å². The molecule has 0 aliphatic heterocycles. The molecule has 0 spiro atoms. The first kappa shape index (κ1) is 15.8. The molecule has 1 aromatic rings. The third kappa shape index (κ3) is 3.85. The Morgan fingerprint density at radius 3 is 2.53 bits per heavy atom. The topological polar surface area (TPSA) is 66.8 Å². The van der Waals surface area contributed by atoms with Crippen LogP contribution in [0.1, 0.15) is 32.4 Å². The van der Waals surface area contributed by atoms with Crippen LogP contribution in [0.5, 0.6) is 5.75 Å². The fourth-order valence-electron chi connectivity index (χ4n) is 1.92. The maximum atomic E-state index is 11.9. The molecule has 2 atom stereocenters. The Balaban J connectivity index is 3.01. The molecule has 0 saturated carbocycles. The van der Waals surface area contributed by atoms with Crippen molar-refractivity contribution < 1.29 is 19.7 Å². The summed E-state index contributed by atoms with van der Waals surface area (Å²) in [6, 6.07) is 4.39. The third-order valence-electron chi connectivity index (χ3n) is 2.93. The van der Waals surface area contributed by atoms with E-state index in [0.717, 1.165) is 0 Å². The lowest BCUT2D eigenvalue weighted by Gasteiger charge is -2.25. The number of aliphatic hydroxyl groups is 1. The number of esters is 1. The summed E-state index contributed by atoms with van der Waals surface area (Å²) in [5.74, 6) is -1.24. The minimum absolute atomic E-state index is 0.0603. The van der Waals surface area contributed by atoms with E-state index in [2.05, 4.69) is 0 Å². The van der Waals surface area contributed by atoms with Crippen LogP contribution in [-0.4, -0.2) is 22.8 Å². The fraction of sp³-hybridized carbons (Fsp3) is 0.500. The number of rotatable bonds is 5. The number of halogens is 1. The Morgan fingerprint density at radius 1 is 1.42 bits per heavy atom. The minimum Gasteiger partial charge on any atom is -0.506 e. The fourth-order valence-corrected chi connectivity index (χ4v) is 2.11. The Kier molecular flexibility index (Phi) is 5.63. The van der Waals surface area contributed by atoms with Crippen LogP contribution in [0.4, 0.5) is 0 Å². The first-order valence-corrected chi connectivity index (χ1v) is 6.59. The number of carbonyl (C=O) groups is 1. The lowest BCUT2D eigenvalue weighted by atomic mass is 9.86. The molecule has 19 heavy (non-hydrogen) atoms. The quantitative estimate of drug-likeness (QED) is 0.817. The molecule has 4 nitrogen and oxygen atoms in total. The van der Waals surface area contributed by atoms with E-state index in [1.807, 2.05) is 13.8 Å². The van der Waals surface area contributed by atoms with Crippen LogP contribution in [0, 0.1) is 11.8 Å². The molecule has 0 saturated heterocycles. The molecule has 106 valence electrons. The van der Waals surface area contributed by atoms with Crippen molar-refractivity contribution in [1.82, 2.24) is 0 Å². The van der Waals surface area contributed by atoms with E-state index in [1.165, 1.54) is 12.1 Å². The molecule has 0 aliphatic rings. The molecular formula is C14H19ClO4. The molecule has 0 radical (unpaired) electrons. The van der Waals surface area contributed by atoms with Gasteiger partial charge in [0.25, 0.3) is 0 Å². The molecule has 2 unspecified atom stereocenters. The zero-order chi connectivity index (χ0) is 14.6. The van der Waals surface area contributed by atoms with E-state index in [-0.39, 0.29) is 23.3 Å². The summed E-state index contributed by atoms with van der Waals surface area (Å²) in [6.07, 6.45) is -1.02. The average Bonchev–Trinajstić information content (AvgIpc) is 2.32. The standard InChI is InChI=1S/C14H19ClO4/c1-4-19-14(18)12(8(2)3)13(17)9-5-6-11(16)10(15)7-9/h5-8,12-13,16-17H,4H2,1-3H3. The van der Waals surface area contributed by atoms with Gasteiger partial charge in [-0.1, -0.05) is 31.5 Å². The van der Waals surface area contributed by atoms with Gasteiger partial charge in [0.15, 0.2) is 0 Å². The molecule has 1 rings (SSSR count). The van der Waals surface area contributed by atoms with Gasteiger partial charge in [-0.2, -0.15) is 0 Å². The van der Waals surface area contributed by atoms with Gasteiger partial charge in [0.2, 0.25) is 0 Å². The Hall–Kier alpha value is -1.26. The SMILES string of the molecule is CCOC(=O)C(C(C)C)C(O)c1ccc(O)c(Cl)c1. The summed E-state index contributed by atoms with van der Waals surface area (Å²) in [7, 11) is 0. The number of hydrogen-bond acceptors (Lipinski definition) is 4. The molecule has 0 aromatic heterocycles. The maximum absolute atomic E-state index is 11.9. The number of hydrogen-bond donors (Lipinski definition) is 2. The first-order valence-electron chi connectivity index (χ1n) is 6.21. The number of ether oxygens (including phenoxy) is 1. The second-order valence-corrected chi connectivity index (χ2v) is 5.08. The summed E-state index contributed by atoms with van der Waals surface area (Å²) in [4.78, 5) is 11.9. The zero-order valence-electron chi connectivity index (χ0n) is 11.3. The molecule has 0 aliphatic carbocycles. The monoisotopic (exact) mass is 286 g/mol. The minimum atomic E-state index is -1.02. The first-order chi connectivity index (χ1) is 8.88. The van der Waals surface area contributed by atoms with E-state index in [1.54, 1.807) is 13.0 Å². The number of aliphatic hydroxyl groups excluding tert-OH is 1. The molecule has 0 fully saturated rings. The lowest BCUT2D eigenvalue weighted by Crippen LogP contribution is -2.29. The maximum Gasteiger partial charge on any atom is 0.312 e. The van der Waals surface area contributed by atoms with Gasteiger partial charge in [0, 0.05) is 0 Å². The van der Waals surface area contributed by atoms with Crippen molar-refractivity contribution in [1.29, 1.82) is 0 Å². The predicted molar refractivity (Wildman–Crippen MR) is 73.0 cm³/mol. The number of phenols is 1. The molecule has 0 heterocycles. The van der Waals surface area contributed by atoms with Crippen LogP contribution in [0.3, 0.4) is 0 Å². The van der Waals surface area contributed by atoms with Crippen molar-refractivity contribution in [3.05, 3.63) is 28.8 Å². The van der Waals surface area contributed by atoms with Crippen molar-refractivity contribution in [2.24, 2.45) is 11.8 Å². The summed E-state index contributed by atoms with van der Waals surface area (Å²) < 4.78 is 4.98. The Bertz CT molecular complexity index is 445. The summed E-state index contributed by atoms with van der Waals surface area (Å²) in [6.45, 7) is 5.67. The highest BCUT2D eigenvalue weighted by atomic mass is 35.5. The second kappa shape index (κ2) is 6.78.